The molecule has 1 N–H and O–H groups in total. The molecule has 6 nitrogen and oxygen atoms in total. The standard InChI is InChI=1S/C23H24ClN5O/c1-2-22(30)29-12-4-6-17(15-29)23-27-20(16-5-3-11-25-14-16)13-21(28-23)26-19-9-7-18(24)8-10-19/h3,5,7-11,13-14,17H,2,4,6,12,15H2,1H3,(H,26,27,28). The van der Waals surface area contributed by atoms with Crippen LogP contribution >= 0.6 is 11.6 Å². The first-order valence-electron chi connectivity index (χ1n) is 10.2. The van der Waals surface area contributed by atoms with Crippen molar-refractivity contribution in [3.63, 3.8) is 0 Å². The molecule has 3 aromatic rings. The highest BCUT2D eigenvalue weighted by atomic mass is 35.5. The Bertz CT molecular complexity index is 1010. The number of pyridine rings is 1. The molecule has 1 aromatic carbocycles. The highest BCUT2D eigenvalue weighted by molar-refractivity contribution is 6.30. The van der Waals surface area contributed by atoms with Crippen LogP contribution in [0.1, 0.15) is 37.9 Å². The minimum Gasteiger partial charge on any atom is -0.342 e. The fourth-order valence-electron chi connectivity index (χ4n) is 3.69. The minimum absolute atomic E-state index is 0.108. The highest BCUT2D eigenvalue weighted by Gasteiger charge is 2.26. The summed E-state index contributed by atoms with van der Waals surface area (Å²) in [4.78, 5) is 28.0. The zero-order chi connectivity index (χ0) is 20.9. The molecule has 0 radical (unpaired) electrons. The zero-order valence-electron chi connectivity index (χ0n) is 16.9. The van der Waals surface area contributed by atoms with E-state index in [4.69, 9.17) is 21.6 Å². The Morgan fingerprint density at radius 1 is 1.23 bits per heavy atom. The number of nitrogens with zero attached hydrogens (tertiary/aromatic N) is 4. The van der Waals surface area contributed by atoms with E-state index in [9.17, 15) is 4.79 Å². The van der Waals surface area contributed by atoms with Crippen LogP contribution in [0.3, 0.4) is 0 Å². The molecule has 0 saturated carbocycles. The van der Waals surface area contributed by atoms with Crippen LogP contribution in [-0.2, 0) is 4.79 Å². The first-order valence-corrected chi connectivity index (χ1v) is 10.6. The Morgan fingerprint density at radius 3 is 2.80 bits per heavy atom. The average Bonchev–Trinajstić information content (AvgIpc) is 2.80. The van der Waals surface area contributed by atoms with Crippen LogP contribution in [-0.4, -0.2) is 38.8 Å². The van der Waals surface area contributed by atoms with Crippen molar-refractivity contribution in [3.05, 3.63) is 65.7 Å². The van der Waals surface area contributed by atoms with Gasteiger partial charge in [-0.15, -0.1) is 0 Å². The van der Waals surface area contributed by atoms with Gasteiger partial charge in [-0.05, 0) is 49.2 Å². The summed E-state index contributed by atoms with van der Waals surface area (Å²) < 4.78 is 0. The molecule has 7 heteroatoms. The van der Waals surface area contributed by atoms with Crippen LogP contribution in [0, 0.1) is 0 Å². The Hall–Kier alpha value is -2.99. The Morgan fingerprint density at radius 2 is 2.07 bits per heavy atom. The number of nitrogens with one attached hydrogen (secondary N) is 1. The van der Waals surface area contributed by atoms with Crippen LogP contribution in [0.5, 0.6) is 0 Å². The van der Waals surface area contributed by atoms with Crippen molar-refractivity contribution in [1.29, 1.82) is 0 Å². The molecule has 30 heavy (non-hydrogen) atoms. The van der Waals surface area contributed by atoms with Crippen molar-refractivity contribution < 1.29 is 4.79 Å². The van der Waals surface area contributed by atoms with E-state index in [0.29, 0.717) is 23.8 Å². The second kappa shape index (κ2) is 9.22. The van der Waals surface area contributed by atoms with E-state index in [1.54, 1.807) is 12.4 Å². The van der Waals surface area contributed by atoms with Gasteiger partial charge in [-0.1, -0.05) is 18.5 Å². The summed E-state index contributed by atoms with van der Waals surface area (Å²) in [5.41, 5.74) is 2.63. The fourth-order valence-corrected chi connectivity index (χ4v) is 3.82. The molecule has 2 aromatic heterocycles. The monoisotopic (exact) mass is 421 g/mol. The number of anilines is 2. The molecule has 1 atom stereocenters. The predicted octanol–water partition coefficient (Wildman–Crippen LogP) is 5.05. The Labute approximate surface area is 181 Å². The SMILES string of the molecule is CCC(=O)N1CCCC(c2nc(Nc3ccc(Cl)cc3)cc(-c3cccnc3)n2)C1. The van der Waals surface area contributed by atoms with Gasteiger partial charge in [-0.25, -0.2) is 9.97 Å². The van der Waals surface area contributed by atoms with E-state index in [1.807, 2.05) is 54.3 Å². The number of carbonyl (C=O) groups excluding carboxylic acids is 1. The molecule has 0 aliphatic carbocycles. The molecule has 0 spiro atoms. The predicted molar refractivity (Wildman–Crippen MR) is 119 cm³/mol. The number of hydrogen-bond donors (Lipinski definition) is 1. The summed E-state index contributed by atoms with van der Waals surface area (Å²) in [5, 5.41) is 4.04. The maximum atomic E-state index is 12.2. The van der Waals surface area contributed by atoms with Crippen molar-refractivity contribution in [2.75, 3.05) is 18.4 Å². The molecular formula is C23H24ClN5O. The quantitative estimate of drug-likeness (QED) is 0.624. The summed E-state index contributed by atoms with van der Waals surface area (Å²) in [5.74, 6) is 1.75. The van der Waals surface area contributed by atoms with Gasteiger partial charge in [0.1, 0.15) is 11.6 Å². The van der Waals surface area contributed by atoms with E-state index in [2.05, 4.69) is 10.3 Å². The molecule has 0 bridgehead atoms. The lowest BCUT2D eigenvalue weighted by atomic mass is 9.96. The van der Waals surface area contributed by atoms with E-state index < -0.39 is 0 Å². The maximum absolute atomic E-state index is 12.2. The minimum atomic E-state index is 0.108. The molecule has 3 heterocycles. The van der Waals surface area contributed by atoms with E-state index in [-0.39, 0.29) is 11.8 Å². The van der Waals surface area contributed by atoms with Gasteiger partial charge in [-0.3, -0.25) is 9.78 Å². The first-order chi connectivity index (χ1) is 14.6. The lowest BCUT2D eigenvalue weighted by Crippen LogP contribution is -2.39. The van der Waals surface area contributed by atoms with Crippen LogP contribution in [0.2, 0.25) is 5.02 Å². The number of benzene rings is 1. The second-order valence-corrected chi connectivity index (χ2v) is 7.84. The number of likely N-dealkylation sites (tertiary alicyclic amines) is 1. The lowest BCUT2D eigenvalue weighted by Gasteiger charge is -2.32. The van der Waals surface area contributed by atoms with Gasteiger partial charge in [0, 0.05) is 60.2 Å². The molecule has 1 aliphatic rings. The number of piperidine rings is 1. The Balaban J connectivity index is 1.68. The smallest absolute Gasteiger partial charge is 0.222 e. The largest absolute Gasteiger partial charge is 0.342 e. The third-order valence-corrected chi connectivity index (χ3v) is 5.51. The van der Waals surface area contributed by atoms with Gasteiger partial charge in [-0.2, -0.15) is 0 Å². The Kier molecular flexibility index (Phi) is 6.23. The third kappa shape index (κ3) is 4.76. The molecule has 4 rings (SSSR count). The summed E-state index contributed by atoms with van der Waals surface area (Å²) in [7, 11) is 0. The van der Waals surface area contributed by atoms with Crippen LogP contribution in [0.25, 0.3) is 11.3 Å². The van der Waals surface area contributed by atoms with Gasteiger partial charge in [0.15, 0.2) is 0 Å². The van der Waals surface area contributed by atoms with Crippen molar-refractivity contribution in [2.24, 2.45) is 0 Å². The van der Waals surface area contributed by atoms with Crippen molar-refractivity contribution in [2.45, 2.75) is 32.1 Å². The fraction of sp³-hybridized carbons (Fsp3) is 0.304. The van der Waals surface area contributed by atoms with Crippen LogP contribution < -0.4 is 5.32 Å². The number of carbonyl (C=O) groups is 1. The summed E-state index contributed by atoms with van der Waals surface area (Å²) in [6, 6.07) is 13.3. The summed E-state index contributed by atoms with van der Waals surface area (Å²) >= 11 is 6.01. The zero-order valence-corrected chi connectivity index (χ0v) is 17.6. The number of aromatic nitrogens is 3. The van der Waals surface area contributed by atoms with E-state index >= 15 is 0 Å². The summed E-state index contributed by atoms with van der Waals surface area (Å²) in [6.45, 7) is 3.37. The normalized spacial score (nSPS) is 16.3. The molecule has 1 amide bonds. The third-order valence-electron chi connectivity index (χ3n) is 5.26. The van der Waals surface area contributed by atoms with E-state index in [1.165, 1.54) is 0 Å². The lowest BCUT2D eigenvalue weighted by molar-refractivity contribution is -0.132. The average molecular weight is 422 g/mol. The molecule has 154 valence electrons. The summed E-state index contributed by atoms with van der Waals surface area (Å²) in [6.07, 6.45) is 5.98. The maximum Gasteiger partial charge on any atom is 0.222 e. The number of hydrogen-bond acceptors (Lipinski definition) is 5. The van der Waals surface area contributed by atoms with Gasteiger partial charge < -0.3 is 10.2 Å². The number of amides is 1. The van der Waals surface area contributed by atoms with Gasteiger partial charge in [0.25, 0.3) is 0 Å². The topological polar surface area (TPSA) is 71.0 Å². The molecule has 1 aliphatic heterocycles. The molecule has 1 saturated heterocycles. The van der Waals surface area contributed by atoms with Crippen molar-refractivity contribution in [3.8, 4) is 11.3 Å². The van der Waals surface area contributed by atoms with E-state index in [0.717, 1.165) is 42.2 Å². The van der Waals surface area contributed by atoms with Crippen LogP contribution in [0.15, 0.2) is 54.9 Å². The highest BCUT2D eigenvalue weighted by Crippen LogP contribution is 2.29. The van der Waals surface area contributed by atoms with Crippen molar-refractivity contribution >= 4 is 29.0 Å². The number of rotatable bonds is 5. The first kappa shape index (κ1) is 20.3. The van der Waals surface area contributed by atoms with Gasteiger partial charge >= 0.3 is 0 Å². The molecule has 1 fully saturated rings. The van der Waals surface area contributed by atoms with Gasteiger partial charge in [0.05, 0.1) is 5.69 Å². The molecular weight excluding hydrogens is 398 g/mol. The van der Waals surface area contributed by atoms with Crippen molar-refractivity contribution in [1.82, 2.24) is 19.9 Å². The van der Waals surface area contributed by atoms with Gasteiger partial charge in [0.2, 0.25) is 5.91 Å². The van der Waals surface area contributed by atoms with Crippen LogP contribution in [0.4, 0.5) is 11.5 Å². The molecule has 1 unspecified atom stereocenters. The number of halogens is 1. The second-order valence-electron chi connectivity index (χ2n) is 7.40.